The van der Waals surface area contributed by atoms with Gasteiger partial charge in [0.1, 0.15) is 0 Å². The zero-order valence-electron chi connectivity index (χ0n) is 9.54. The first-order chi connectivity index (χ1) is 6.59. The van der Waals surface area contributed by atoms with Crippen molar-refractivity contribution in [3.05, 3.63) is 29.3 Å². The maximum Gasteiger partial charge on any atom is 0.0401 e. The van der Waals surface area contributed by atoms with Crippen molar-refractivity contribution in [2.75, 3.05) is 11.9 Å². The van der Waals surface area contributed by atoms with E-state index in [2.05, 4.69) is 50.9 Å². The van der Waals surface area contributed by atoms with Crippen molar-refractivity contribution in [1.82, 2.24) is 0 Å². The van der Waals surface area contributed by atoms with E-state index < -0.39 is 0 Å². The normalized spacial score (nSPS) is 26.1. The Morgan fingerprint density at radius 1 is 1.29 bits per heavy atom. The average molecular weight is 189 g/mol. The summed E-state index contributed by atoms with van der Waals surface area (Å²) in [6.07, 6.45) is 1.27. The van der Waals surface area contributed by atoms with Gasteiger partial charge in [0.05, 0.1) is 0 Å². The van der Waals surface area contributed by atoms with Crippen LogP contribution in [0.15, 0.2) is 18.2 Å². The molecule has 1 nitrogen and oxygen atoms in total. The molecule has 1 aliphatic heterocycles. The molecule has 76 valence electrons. The second-order valence-corrected chi connectivity index (χ2v) is 4.66. The molecule has 2 rings (SSSR count). The Morgan fingerprint density at radius 3 is 2.71 bits per heavy atom. The molecule has 1 aromatic carbocycles. The molecule has 0 N–H and O–H groups in total. The zero-order valence-corrected chi connectivity index (χ0v) is 9.54. The maximum atomic E-state index is 2.40. The van der Waals surface area contributed by atoms with Crippen molar-refractivity contribution in [2.24, 2.45) is 0 Å². The maximum absolute atomic E-state index is 2.40. The summed E-state index contributed by atoms with van der Waals surface area (Å²) < 4.78 is 0. The lowest BCUT2D eigenvalue weighted by molar-refractivity contribution is 0.532. The highest BCUT2D eigenvalue weighted by atomic mass is 15.1. The van der Waals surface area contributed by atoms with Crippen LogP contribution in [0.5, 0.6) is 0 Å². The van der Waals surface area contributed by atoms with Crippen LogP contribution in [0.3, 0.4) is 0 Å². The smallest absolute Gasteiger partial charge is 0.0401 e. The van der Waals surface area contributed by atoms with Crippen LogP contribution in [0.25, 0.3) is 0 Å². The fourth-order valence-corrected chi connectivity index (χ4v) is 2.42. The Morgan fingerprint density at radius 2 is 2.00 bits per heavy atom. The molecule has 1 aliphatic rings. The summed E-state index contributed by atoms with van der Waals surface area (Å²) in [5.74, 6) is 0.705. The minimum absolute atomic E-state index is 0.667. The van der Waals surface area contributed by atoms with E-state index in [0.717, 1.165) is 0 Å². The Hall–Kier alpha value is -0.980. The van der Waals surface area contributed by atoms with Gasteiger partial charge in [-0.05, 0) is 37.8 Å². The first kappa shape index (κ1) is 9.57. The van der Waals surface area contributed by atoms with Crippen LogP contribution >= 0.6 is 0 Å². The van der Waals surface area contributed by atoms with E-state index in [-0.39, 0.29) is 0 Å². The van der Waals surface area contributed by atoms with Gasteiger partial charge in [-0.3, -0.25) is 0 Å². The predicted octanol–water partition coefficient (Wildman–Crippen LogP) is 3.33. The van der Waals surface area contributed by atoms with Crippen LogP contribution in [-0.2, 0) is 0 Å². The molecule has 0 aliphatic carbocycles. The Labute approximate surface area is 86.7 Å². The van der Waals surface area contributed by atoms with Crippen molar-refractivity contribution in [3.8, 4) is 0 Å². The number of fused-ring (bicyclic) bond motifs is 1. The van der Waals surface area contributed by atoms with E-state index in [1.807, 2.05) is 0 Å². The molecular formula is C13H19N. The van der Waals surface area contributed by atoms with Gasteiger partial charge in [-0.15, -0.1) is 0 Å². The molecule has 0 radical (unpaired) electrons. The van der Waals surface area contributed by atoms with E-state index in [9.17, 15) is 0 Å². The molecule has 0 fully saturated rings. The number of nitrogens with zero attached hydrogens (tertiary/aromatic N) is 1. The first-order valence-electron chi connectivity index (χ1n) is 5.43. The monoisotopic (exact) mass is 189 g/mol. The van der Waals surface area contributed by atoms with Crippen LogP contribution in [-0.4, -0.2) is 13.1 Å². The van der Waals surface area contributed by atoms with E-state index in [4.69, 9.17) is 0 Å². The second kappa shape index (κ2) is 3.30. The summed E-state index contributed by atoms with van der Waals surface area (Å²) in [4.78, 5) is 2.40. The van der Waals surface area contributed by atoms with Gasteiger partial charge >= 0.3 is 0 Å². The summed E-state index contributed by atoms with van der Waals surface area (Å²) in [6.45, 7) is 6.81. The fraction of sp³-hybridized carbons (Fsp3) is 0.538. The van der Waals surface area contributed by atoms with Gasteiger partial charge in [0.15, 0.2) is 0 Å². The van der Waals surface area contributed by atoms with Crippen LogP contribution in [0.4, 0.5) is 5.69 Å². The fourth-order valence-electron chi connectivity index (χ4n) is 2.42. The summed E-state index contributed by atoms with van der Waals surface area (Å²) in [6, 6.07) is 7.47. The van der Waals surface area contributed by atoms with Gasteiger partial charge in [0.2, 0.25) is 0 Å². The van der Waals surface area contributed by atoms with Gasteiger partial charge < -0.3 is 4.90 Å². The molecule has 1 heteroatoms. The van der Waals surface area contributed by atoms with Crippen molar-refractivity contribution >= 4 is 5.69 Å². The molecule has 0 bridgehead atoms. The molecule has 1 aromatic rings. The van der Waals surface area contributed by atoms with Gasteiger partial charge in [-0.1, -0.05) is 24.6 Å². The second-order valence-electron chi connectivity index (χ2n) is 4.66. The molecule has 0 amide bonds. The van der Waals surface area contributed by atoms with Crippen LogP contribution in [0.2, 0.25) is 0 Å². The van der Waals surface area contributed by atoms with Crippen molar-refractivity contribution in [2.45, 2.75) is 39.2 Å². The van der Waals surface area contributed by atoms with Gasteiger partial charge in [0, 0.05) is 18.8 Å². The third-order valence-electron chi connectivity index (χ3n) is 3.45. The number of hydrogen-bond acceptors (Lipinski definition) is 1. The quantitative estimate of drug-likeness (QED) is 0.605. The molecule has 14 heavy (non-hydrogen) atoms. The number of anilines is 1. The highest BCUT2D eigenvalue weighted by molar-refractivity contribution is 5.58. The standard InChI is InChI=1S/C13H19N/c1-9-5-6-13-12(7-9)10(2)8-11(3)14(13)4/h5-7,10-11H,8H2,1-4H3. The molecule has 2 unspecified atom stereocenters. The third kappa shape index (κ3) is 1.41. The number of aryl methyl sites for hydroxylation is 1. The highest BCUT2D eigenvalue weighted by Gasteiger charge is 2.24. The average Bonchev–Trinajstić information content (AvgIpc) is 2.14. The summed E-state index contributed by atoms with van der Waals surface area (Å²) >= 11 is 0. The van der Waals surface area contributed by atoms with Gasteiger partial charge in [-0.2, -0.15) is 0 Å². The lowest BCUT2D eigenvalue weighted by Gasteiger charge is -2.37. The molecule has 0 saturated carbocycles. The minimum atomic E-state index is 0.667. The molecule has 2 atom stereocenters. The topological polar surface area (TPSA) is 3.24 Å². The molecule has 0 saturated heterocycles. The lowest BCUT2D eigenvalue weighted by atomic mass is 9.87. The number of hydrogen-bond donors (Lipinski definition) is 0. The first-order valence-corrected chi connectivity index (χ1v) is 5.43. The summed E-state index contributed by atoms with van der Waals surface area (Å²) in [5.41, 5.74) is 4.31. The summed E-state index contributed by atoms with van der Waals surface area (Å²) in [7, 11) is 2.20. The van der Waals surface area contributed by atoms with E-state index in [1.54, 1.807) is 0 Å². The number of rotatable bonds is 0. The van der Waals surface area contributed by atoms with Crippen LogP contribution in [0.1, 0.15) is 37.3 Å². The van der Waals surface area contributed by atoms with Crippen molar-refractivity contribution in [1.29, 1.82) is 0 Å². The zero-order chi connectivity index (χ0) is 10.3. The molecule has 1 heterocycles. The van der Waals surface area contributed by atoms with Crippen LogP contribution in [0, 0.1) is 6.92 Å². The molecular weight excluding hydrogens is 170 g/mol. The molecule has 0 spiro atoms. The highest BCUT2D eigenvalue weighted by Crippen LogP contribution is 2.37. The van der Waals surface area contributed by atoms with Crippen molar-refractivity contribution < 1.29 is 0 Å². The van der Waals surface area contributed by atoms with Crippen molar-refractivity contribution in [3.63, 3.8) is 0 Å². The van der Waals surface area contributed by atoms with Crippen LogP contribution < -0.4 is 4.90 Å². The predicted molar refractivity (Wildman–Crippen MR) is 62.1 cm³/mol. The van der Waals surface area contributed by atoms with Gasteiger partial charge in [-0.25, -0.2) is 0 Å². The third-order valence-corrected chi connectivity index (χ3v) is 3.45. The van der Waals surface area contributed by atoms with Gasteiger partial charge in [0.25, 0.3) is 0 Å². The Bertz CT molecular complexity index is 343. The Balaban J connectivity index is 2.50. The number of benzene rings is 1. The lowest BCUT2D eigenvalue weighted by Crippen LogP contribution is -2.34. The minimum Gasteiger partial charge on any atom is -0.372 e. The Kier molecular flexibility index (Phi) is 2.26. The van der Waals surface area contributed by atoms with E-state index in [0.29, 0.717) is 12.0 Å². The van der Waals surface area contributed by atoms with E-state index >= 15 is 0 Å². The SMILES string of the molecule is Cc1ccc2c(c1)C(C)CC(C)N2C. The largest absolute Gasteiger partial charge is 0.372 e. The summed E-state index contributed by atoms with van der Waals surface area (Å²) in [5, 5.41) is 0. The molecule has 0 aromatic heterocycles. The van der Waals surface area contributed by atoms with E-state index in [1.165, 1.54) is 23.2 Å².